The summed E-state index contributed by atoms with van der Waals surface area (Å²) in [6, 6.07) is 4.70. The maximum atomic E-state index is 12.5. The Hall–Kier alpha value is -2.10. The molecular weight excluding hydrogens is 268 g/mol. The molecule has 0 amide bonds. The monoisotopic (exact) mass is 286 g/mol. The predicted octanol–water partition coefficient (Wildman–Crippen LogP) is 3.85. The lowest BCUT2D eigenvalue weighted by Crippen LogP contribution is -2.15. The van der Waals surface area contributed by atoms with Gasteiger partial charge in [-0.05, 0) is 31.9 Å². The third-order valence-corrected chi connectivity index (χ3v) is 4.39. The molecule has 0 spiro atoms. The van der Waals surface area contributed by atoms with Gasteiger partial charge in [-0.15, -0.1) is 0 Å². The third kappa shape index (κ3) is 2.35. The van der Waals surface area contributed by atoms with Crippen molar-refractivity contribution in [1.82, 2.24) is 0 Å². The Morgan fingerprint density at radius 1 is 1.24 bits per heavy atom. The summed E-state index contributed by atoms with van der Waals surface area (Å²) in [5.41, 5.74) is 0.777. The Labute approximate surface area is 122 Å². The molecule has 0 atom stereocenters. The van der Waals surface area contributed by atoms with Gasteiger partial charge in [0.25, 0.3) is 0 Å². The van der Waals surface area contributed by atoms with Crippen LogP contribution in [0.25, 0.3) is 11.0 Å². The highest BCUT2D eigenvalue weighted by Gasteiger charge is 2.23. The highest BCUT2D eigenvalue weighted by Crippen LogP contribution is 2.35. The van der Waals surface area contributed by atoms with Crippen molar-refractivity contribution in [3.05, 3.63) is 45.3 Å². The topological polar surface area (TPSA) is 67.5 Å². The summed E-state index contributed by atoms with van der Waals surface area (Å²) in [5, 5.41) is 9.64. The zero-order valence-corrected chi connectivity index (χ0v) is 12.0. The molecule has 0 bridgehead atoms. The van der Waals surface area contributed by atoms with Crippen LogP contribution in [0.1, 0.15) is 59.7 Å². The Balaban J connectivity index is 2.26. The largest absolute Gasteiger partial charge is 0.478 e. The molecule has 4 heteroatoms. The number of aromatic carboxylic acids is 1. The second kappa shape index (κ2) is 5.35. The molecule has 4 nitrogen and oxygen atoms in total. The van der Waals surface area contributed by atoms with Crippen LogP contribution >= 0.6 is 0 Å². The lowest BCUT2D eigenvalue weighted by atomic mass is 9.85. The van der Waals surface area contributed by atoms with Gasteiger partial charge in [-0.25, -0.2) is 4.79 Å². The van der Waals surface area contributed by atoms with Crippen molar-refractivity contribution < 1.29 is 14.3 Å². The maximum Gasteiger partial charge on any atom is 0.339 e. The van der Waals surface area contributed by atoms with E-state index in [4.69, 9.17) is 4.42 Å². The van der Waals surface area contributed by atoms with E-state index >= 15 is 0 Å². The fraction of sp³-hybridized carbons (Fsp3) is 0.412. The molecule has 3 rings (SSSR count). The molecule has 21 heavy (non-hydrogen) atoms. The minimum atomic E-state index is -1.07. The van der Waals surface area contributed by atoms with Crippen molar-refractivity contribution in [1.29, 1.82) is 0 Å². The first-order chi connectivity index (χ1) is 10.1. The first-order valence-corrected chi connectivity index (χ1v) is 7.39. The van der Waals surface area contributed by atoms with Crippen LogP contribution in [0.2, 0.25) is 0 Å². The van der Waals surface area contributed by atoms with Crippen molar-refractivity contribution in [2.75, 3.05) is 0 Å². The Morgan fingerprint density at radius 2 is 1.95 bits per heavy atom. The molecule has 1 aromatic carbocycles. The predicted molar refractivity (Wildman–Crippen MR) is 80.0 cm³/mol. The molecule has 0 saturated heterocycles. The molecule has 1 saturated carbocycles. The summed E-state index contributed by atoms with van der Waals surface area (Å²) in [5.74, 6) is -0.152. The fourth-order valence-corrected chi connectivity index (χ4v) is 3.25. The lowest BCUT2D eigenvalue weighted by molar-refractivity contribution is 0.0697. The minimum absolute atomic E-state index is 0.0571. The molecule has 1 fully saturated rings. The van der Waals surface area contributed by atoms with E-state index in [1.54, 1.807) is 19.1 Å². The van der Waals surface area contributed by atoms with E-state index in [1.165, 1.54) is 12.5 Å². The lowest BCUT2D eigenvalue weighted by Gasteiger charge is -2.22. The number of carboxylic acid groups (broad SMARTS) is 1. The van der Waals surface area contributed by atoms with Crippen LogP contribution in [0.15, 0.2) is 27.4 Å². The van der Waals surface area contributed by atoms with Crippen LogP contribution in [-0.2, 0) is 0 Å². The number of para-hydroxylation sites is 1. The molecule has 2 aromatic rings. The molecular formula is C17H18O4. The Morgan fingerprint density at radius 3 is 2.62 bits per heavy atom. The van der Waals surface area contributed by atoms with E-state index in [-0.39, 0.29) is 22.5 Å². The van der Waals surface area contributed by atoms with E-state index in [0.717, 1.165) is 25.7 Å². The Bertz CT molecular complexity index is 751. The number of hydrogen-bond acceptors (Lipinski definition) is 3. The van der Waals surface area contributed by atoms with Crippen molar-refractivity contribution in [2.45, 2.75) is 44.9 Å². The van der Waals surface area contributed by atoms with Crippen molar-refractivity contribution in [3.63, 3.8) is 0 Å². The van der Waals surface area contributed by atoms with Gasteiger partial charge in [0.2, 0.25) is 0 Å². The van der Waals surface area contributed by atoms with Gasteiger partial charge in [0.15, 0.2) is 11.0 Å². The number of hydrogen-bond donors (Lipinski definition) is 1. The molecule has 1 aromatic heterocycles. The molecule has 0 aliphatic heterocycles. The van der Waals surface area contributed by atoms with Gasteiger partial charge < -0.3 is 9.52 Å². The Kier molecular flexibility index (Phi) is 3.53. The quantitative estimate of drug-likeness (QED) is 0.910. The zero-order valence-electron chi connectivity index (χ0n) is 12.0. The number of rotatable bonds is 2. The summed E-state index contributed by atoms with van der Waals surface area (Å²) < 4.78 is 5.92. The smallest absolute Gasteiger partial charge is 0.339 e. The highest BCUT2D eigenvalue weighted by atomic mass is 16.4. The van der Waals surface area contributed by atoms with Gasteiger partial charge in [0.1, 0.15) is 11.3 Å². The molecule has 1 heterocycles. The maximum absolute atomic E-state index is 12.5. The number of carbonyl (C=O) groups is 1. The van der Waals surface area contributed by atoms with E-state index in [1.807, 2.05) is 0 Å². The van der Waals surface area contributed by atoms with E-state index in [2.05, 4.69) is 0 Å². The first-order valence-electron chi connectivity index (χ1n) is 7.39. The van der Waals surface area contributed by atoms with Crippen LogP contribution in [0.4, 0.5) is 0 Å². The zero-order chi connectivity index (χ0) is 15.0. The second-order valence-corrected chi connectivity index (χ2v) is 5.74. The van der Waals surface area contributed by atoms with Crippen molar-refractivity contribution in [3.8, 4) is 0 Å². The second-order valence-electron chi connectivity index (χ2n) is 5.74. The highest BCUT2D eigenvalue weighted by molar-refractivity contribution is 6.00. The molecule has 1 aliphatic rings. The van der Waals surface area contributed by atoms with Crippen LogP contribution < -0.4 is 5.43 Å². The van der Waals surface area contributed by atoms with E-state index in [0.29, 0.717) is 16.7 Å². The molecule has 1 N–H and O–H groups in total. The molecule has 110 valence electrons. The number of carboxylic acids is 1. The normalized spacial score (nSPS) is 16.2. The summed E-state index contributed by atoms with van der Waals surface area (Å²) in [6.45, 7) is 1.78. The van der Waals surface area contributed by atoms with Gasteiger partial charge in [0.05, 0.1) is 5.39 Å². The van der Waals surface area contributed by atoms with Crippen molar-refractivity contribution >= 4 is 16.9 Å². The number of benzene rings is 1. The summed E-state index contributed by atoms with van der Waals surface area (Å²) in [6.07, 6.45) is 5.49. The van der Waals surface area contributed by atoms with Crippen LogP contribution in [0, 0.1) is 6.92 Å². The van der Waals surface area contributed by atoms with Crippen molar-refractivity contribution in [2.24, 2.45) is 0 Å². The number of fused-ring (bicyclic) bond motifs is 1. The van der Waals surface area contributed by atoms with Gasteiger partial charge in [-0.2, -0.15) is 0 Å². The summed E-state index contributed by atoms with van der Waals surface area (Å²) >= 11 is 0. The standard InChI is InChI=1S/C17H18O4/c1-10-14(18)12-8-5-9-13(17(19)20)16(12)21-15(10)11-6-3-2-4-7-11/h5,8-9,11H,2-4,6-7H2,1H3,(H,19,20). The average Bonchev–Trinajstić information content (AvgIpc) is 2.51. The molecule has 1 aliphatic carbocycles. The summed E-state index contributed by atoms with van der Waals surface area (Å²) in [7, 11) is 0. The van der Waals surface area contributed by atoms with E-state index in [9.17, 15) is 14.7 Å². The fourth-order valence-electron chi connectivity index (χ4n) is 3.25. The minimum Gasteiger partial charge on any atom is -0.478 e. The summed E-state index contributed by atoms with van der Waals surface area (Å²) in [4.78, 5) is 23.9. The van der Waals surface area contributed by atoms with Gasteiger partial charge in [-0.1, -0.05) is 25.3 Å². The average molecular weight is 286 g/mol. The van der Waals surface area contributed by atoms with E-state index < -0.39 is 5.97 Å². The first kappa shape index (κ1) is 13.9. The van der Waals surface area contributed by atoms with Gasteiger partial charge in [-0.3, -0.25) is 4.79 Å². The third-order valence-electron chi connectivity index (χ3n) is 4.39. The van der Waals surface area contributed by atoms with Crippen LogP contribution in [-0.4, -0.2) is 11.1 Å². The molecule has 0 radical (unpaired) electrons. The van der Waals surface area contributed by atoms with Crippen LogP contribution in [0.5, 0.6) is 0 Å². The van der Waals surface area contributed by atoms with Crippen LogP contribution in [0.3, 0.4) is 0 Å². The van der Waals surface area contributed by atoms with Gasteiger partial charge in [0, 0.05) is 11.5 Å². The molecule has 0 unspecified atom stereocenters. The van der Waals surface area contributed by atoms with Gasteiger partial charge >= 0.3 is 5.97 Å². The SMILES string of the molecule is Cc1c(C2CCCCC2)oc2c(C(=O)O)cccc2c1=O.